The number of carbonyl (C=O) groups excluding carboxylic acids is 2. The molecule has 0 spiro atoms. The molecule has 1 unspecified atom stereocenters. The van der Waals surface area contributed by atoms with Crippen LogP contribution in [0, 0.1) is 6.92 Å². The second-order valence-electron chi connectivity index (χ2n) is 3.60. The molecule has 92 valence electrons. The number of hydrogen-bond acceptors (Lipinski definition) is 4. The highest BCUT2D eigenvalue weighted by Gasteiger charge is 2.17. The van der Waals surface area contributed by atoms with Crippen LogP contribution in [-0.2, 0) is 4.79 Å². The van der Waals surface area contributed by atoms with Crippen molar-refractivity contribution in [2.45, 2.75) is 24.0 Å². The molecule has 0 aromatic heterocycles. The van der Waals surface area contributed by atoms with Gasteiger partial charge in [0.05, 0.1) is 5.25 Å². The third kappa shape index (κ3) is 3.67. The number of carbonyl (C=O) groups is 2. The van der Waals surface area contributed by atoms with Crippen LogP contribution in [0.5, 0.6) is 0 Å². The molecule has 5 nitrogen and oxygen atoms in total. The molecule has 0 aliphatic rings. The largest absolute Gasteiger partial charge is 0.398 e. The van der Waals surface area contributed by atoms with Crippen molar-refractivity contribution >= 4 is 29.4 Å². The number of anilines is 1. The number of rotatable bonds is 3. The van der Waals surface area contributed by atoms with Crippen LogP contribution in [0.15, 0.2) is 23.1 Å². The Morgan fingerprint density at radius 2 is 2.06 bits per heavy atom. The van der Waals surface area contributed by atoms with Crippen molar-refractivity contribution in [1.82, 2.24) is 5.32 Å². The maximum absolute atomic E-state index is 11.5. The molecule has 1 rings (SSSR count). The topological polar surface area (TPSA) is 98.2 Å². The third-order valence-corrected chi connectivity index (χ3v) is 3.38. The van der Waals surface area contributed by atoms with Gasteiger partial charge in [0.2, 0.25) is 5.91 Å². The molecule has 0 fully saturated rings. The zero-order valence-electron chi connectivity index (χ0n) is 9.69. The number of urea groups is 1. The van der Waals surface area contributed by atoms with E-state index in [4.69, 9.17) is 11.5 Å². The molecule has 0 saturated heterocycles. The quantitative estimate of drug-likeness (QED) is 0.557. The number of nitrogens with two attached hydrogens (primary N) is 2. The number of thioether (sulfide) groups is 1. The molecule has 1 atom stereocenters. The summed E-state index contributed by atoms with van der Waals surface area (Å²) in [6, 6.07) is 4.75. The summed E-state index contributed by atoms with van der Waals surface area (Å²) in [6.07, 6.45) is 0. The Labute approximate surface area is 104 Å². The summed E-state index contributed by atoms with van der Waals surface area (Å²) in [7, 11) is 0. The van der Waals surface area contributed by atoms with Crippen molar-refractivity contribution in [3.8, 4) is 0 Å². The standard InChI is InChI=1S/C11H15N3O2S/c1-6-4-3-5-8(9(6)12)17-7(2)10(15)14-11(13)16/h3-5,7H,12H2,1-2H3,(H3,13,14,15,16). The molecule has 0 aliphatic carbocycles. The van der Waals surface area contributed by atoms with E-state index in [1.54, 1.807) is 6.92 Å². The summed E-state index contributed by atoms with van der Waals surface area (Å²) in [4.78, 5) is 22.8. The minimum absolute atomic E-state index is 0.427. The monoisotopic (exact) mass is 253 g/mol. The first-order valence-electron chi connectivity index (χ1n) is 5.04. The zero-order chi connectivity index (χ0) is 13.0. The van der Waals surface area contributed by atoms with Crippen molar-refractivity contribution < 1.29 is 9.59 Å². The van der Waals surface area contributed by atoms with Gasteiger partial charge in [-0.3, -0.25) is 10.1 Å². The average molecular weight is 253 g/mol. The molecular weight excluding hydrogens is 238 g/mol. The van der Waals surface area contributed by atoms with Gasteiger partial charge in [-0.05, 0) is 25.5 Å². The smallest absolute Gasteiger partial charge is 0.318 e. The predicted octanol–water partition coefficient (Wildman–Crippen LogP) is 1.25. The minimum atomic E-state index is -0.848. The molecule has 17 heavy (non-hydrogen) atoms. The molecule has 3 amide bonds. The number of primary amides is 1. The summed E-state index contributed by atoms with van der Waals surface area (Å²) in [5.41, 5.74) is 12.4. The number of aryl methyl sites for hydroxylation is 1. The molecule has 1 aromatic rings. The second kappa shape index (κ2) is 5.58. The molecular formula is C11H15N3O2S. The van der Waals surface area contributed by atoms with Gasteiger partial charge in [-0.15, -0.1) is 11.8 Å². The van der Waals surface area contributed by atoms with Gasteiger partial charge < -0.3 is 11.5 Å². The first-order valence-corrected chi connectivity index (χ1v) is 5.92. The van der Waals surface area contributed by atoms with Gasteiger partial charge in [-0.25, -0.2) is 4.79 Å². The van der Waals surface area contributed by atoms with Crippen molar-refractivity contribution in [1.29, 1.82) is 0 Å². The Morgan fingerprint density at radius 1 is 1.41 bits per heavy atom. The Hall–Kier alpha value is -1.69. The average Bonchev–Trinajstić information content (AvgIpc) is 2.23. The zero-order valence-corrected chi connectivity index (χ0v) is 10.5. The lowest BCUT2D eigenvalue weighted by atomic mass is 10.2. The minimum Gasteiger partial charge on any atom is -0.398 e. The number of benzene rings is 1. The van der Waals surface area contributed by atoms with E-state index in [2.05, 4.69) is 0 Å². The number of amides is 3. The fourth-order valence-electron chi connectivity index (χ4n) is 1.22. The van der Waals surface area contributed by atoms with E-state index in [1.807, 2.05) is 30.4 Å². The van der Waals surface area contributed by atoms with Crippen LogP contribution >= 0.6 is 11.8 Å². The second-order valence-corrected chi connectivity index (χ2v) is 4.98. The lowest BCUT2D eigenvalue weighted by Crippen LogP contribution is -2.39. The maximum atomic E-state index is 11.5. The fraction of sp³-hybridized carbons (Fsp3) is 0.273. The normalized spacial score (nSPS) is 11.9. The predicted molar refractivity (Wildman–Crippen MR) is 68.6 cm³/mol. The van der Waals surface area contributed by atoms with Crippen LogP contribution in [0.1, 0.15) is 12.5 Å². The highest BCUT2D eigenvalue weighted by atomic mass is 32.2. The summed E-state index contributed by atoms with van der Waals surface area (Å²) in [5, 5.41) is 1.60. The van der Waals surface area contributed by atoms with E-state index < -0.39 is 17.2 Å². The van der Waals surface area contributed by atoms with E-state index in [9.17, 15) is 9.59 Å². The van der Waals surface area contributed by atoms with E-state index in [0.29, 0.717) is 5.69 Å². The van der Waals surface area contributed by atoms with Gasteiger partial charge in [0, 0.05) is 10.6 Å². The van der Waals surface area contributed by atoms with E-state index >= 15 is 0 Å². The molecule has 6 heteroatoms. The van der Waals surface area contributed by atoms with Crippen molar-refractivity contribution in [2.24, 2.45) is 5.73 Å². The van der Waals surface area contributed by atoms with Crippen LogP contribution in [0.2, 0.25) is 0 Å². The fourth-order valence-corrected chi connectivity index (χ4v) is 2.22. The SMILES string of the molecule is Cc1cccc(SC(C)C(=O)NC(N)=O)c1N. The lowest BCUT2D eigenvalue weighted by Gasteiger charge is -2.12. The van der Waals surface area contributed by atoms with Crippen LogP contribution in [-0.4, -0.2) is 17.2 Å². The third-order valence-electron chi connectivity index (χ3n) is 2.20. The first-order chi connectivity index (χ1) is 7.91. The Morgan fingerprint density at radius 3 is 2.65 bits per heavy atom. The summed E-state index contributed by atoms with van der Waals surface area (Å²) < 4.78 is 0. The highest BCUT2D eigenvalue weighted by molar-refractivity contribution is 8.00. The van der Waals surface area contributed by atoms with E-state index in [1.165, 1.54) is 11.8 Å². The van der Waals surface area contributed by atoms with Gasteiger partial charge >= 0.3 is 6.03 Å². The molecule has 0 bridgehead atoms. The van der Waals surface area contributed by atoms with Crippen molar-refractivity contribution in [3.63, 3.8) is 0 Å². The van der Waals surface area contributed by atoms with Crippen LogP contribution < -0.4 is 16.8 Å². The van der Waals surface area contributed by atoms with Gasteiger partial charge in [-0.1, -0.05) is 12.1 Å². The van der Waals surface area contributed by atoms with Crippen LogP contribution in [0.25, 0.3) is 0 Å². The van der Waals surface area contributed by atoms with E-state index in [0.717, 1.165) is 10.5 Å². The molecule has 5 N–H and O–H groups in total. The van der Waals surface area contributed by atoms with Crippen LogP contribution in [0.3, 0.4) is 0 Å². The Kier molecular flexibility index (Phi) is 4.39. The van der Waals surface area contributed by atoms with Crippen molar-refractivity contribution in [3.05, 3.63) is 23.8 Å². The Balaban J connectivity index is 2.74. The maximum Gasteiger partial charge on any atom is 0.318 e. The van der Waals surface area contributed by atoms with Gasteiger partial charge in [0.25, 0.3) is 0 Å². The molecule has 0 radical (unpaired) electrons. The van der Waals surface area contributed by atoms with Gasteiger partial charge in [-0.2, -0.15) is 0 Å². The Bertz CT molecular complexity index is 448. The number of nitrogens with one attached hydrogen (secondary N) is 1. The first kappa shape index (κ1) is 13.4. The molecule has 1 aromatic carbocycles. The van der Waals surface area contributed by atoms with Crippen LogP contribution in [0.4, 0.5) is 10.5 Å². The number of para-hydroxylation sites is 1. The summed E-state index contributed by atoms with van der Waals surface area (Å²) in [5.74, 6) is -0.427. The highest BCUT2D eigenvalue weighted by Crippen LogP contribution is 2.30. The molecule has 0 aliphatic heterocycles. The number of imide groups is 1. The summed E-state index contributed by atoms with van der Waals surface area (Å²) in [6.45, 7) is 3.58. The lowest BCUT2D eigenvalue weighted by molar-refractivity contribution is -0.119. The van der Waals surface area contributed by atoms with Crippen molar-refractivity contribution in [2.75, 3.05) is 5.73 Å². The number of nitrogen functional groups attached to an aromatic ring is 1. The van der Waals surface area contributed by atoms with Gasteiger partial charge in [0.1, 0.15) is 0 Å². The van der Waals surface area contributed by atoms with Gasteiger partial charge in [0.15, 0.2) is 0 Å². The summed E-state index contributed by atoms with van der Waals surface area (Å²) >= 11 is 1.29. The molecule has 0 saturated carbocycles. The molecule has 0 heterocycles. The number of hydrogen-bond donors (Lipinski definition) is 3. The van der Waals surface area contributed by atoms with E-state index in [-0.39, 0.29) is 0 Å².